The monoisotopic (exact) mass is 413 g/mol. The fourth-order valence-electron chi connectivity index (χ4n) is 3.29. The predicted molar refractivity (Wildman–Crippen MR) is 107 cm³/mol. The molecule has 1 atom stereocenters. The molecule has 1 aliphatic heterocycles. The van der Waals surface area contributed by atoms with E-state index < -0.39 is 9.84 Å². The molecular formula is C17H23N3O3S3. The molecule has 142 valence electrons. The van der Waals surface area contributed by atoms with E-state index in [2.05, 4.69) is 23.8 Å². The van der Waals surface area contributed by atoms with Crippen molar-refractivity contribution in [3.05, 3.63) is 16.3 Å². The molecule has 0 radical (unpaired) electrons. The number of aromatic nitrogens is 2. The van der Waals surface area contributed by atoms with Crippen LogP contribution in [0, 0.1) is 20.8 Å². The van der Waals surface area contributed by atoms with E-state index in [9.17, 15) is 13.2 Å². The average Bonchev–Trinajstić information content (AvgIpc) is 3.05. The summed E-state index contributed by atoms with van der Waals surface area (Å²) in [5, 5.41) is 1.86. The standard InChI is InChI=1S/C17H23N3O3S3/c1-5-20(13-6-7-26(22,23)9-13)14(21)8-24-16-15-10(2)11(3)25-17(15)19-12(4)18-16/h13H,5-9H2,1-4H3/t13-/m1/s1. The Morgan fingerprint density at radius 2 is 2.04 bits per heavy atom. The fourth-order valence-corrected chi connectivity index (χ4v) is 7.18. The maximum atomic E-state index is 12.7. The molecule has 2 aromatic heterocycles. The molecule has 3 heterocycles. The van der Waals surface area contributed by atoms with Gasteiger partial charge in [0.25, 0.3) is 0 Å². The second-order valence-electron chi connectivity index (χ2n) is 6.56. The molecule has 1 saturated heterocycles. The lowest BCUT2D eigenvalue weighted by Gasteiger charge is -2.26. The van der Waals surface area contributed by atoms with Gasteiger partial charge < -0.3 is 4.90 Å². The number of sulfone groups is 1. The maximum absolute atomic E-state index is 12.7. The Hall–Kier alpha value is -1.19. The number of nitrogens with zero attached hydrogens (tertiary/aromatic N) is 3. The zero-order chi connectivity index (χ0) is 19.1. The van der Waals surface area contributed by atoms with Gasteiger partial charge in [-0.1, -0.05) is 11.8 Å². The molecule has 1 amide bonds. The quantitative estimate of drug-likeness (QED) is 0.554. The molecule has 0 saturated carbocycles. The van der Waals surface area contributed by atoms with Crippen molar-refractivity contribution in [2.75, 3.05) is 23.8 Å². The number of fused-ring (bicyclic) bond motifs is 1. The minimum absolute atomic E-state index is 0.0337. The second-order valence-corrected chi connectivity index (χ2v) is 11.0. The molecule has 6 nitrogen and oxygen atoms in total. The van der Waals surface area contributed by atoms with Gasteiger partial charge in [0, 0.05) is 22.8 Å². The Morgan fingerprint density at radius 1 is 1.31 bits per heavy atom. The topological polar surface area (TPSA) is 80.2 Å². The number of thioether (sulfide) groups is 1. The molecule has 0 N–H and O–H groups in total. The van der Waals surface area contributed by atoms with E-state index in [1.165, 1.54) is 16.6 Å². The van der Waals surface area contributed by atoms with Gasteiger partial charge in [-0.15, -0.1) is 11.3 Å². The summed E-state index contributed by atoms with van der Waals surface area (Å²) in [4.78, 5) is 25.6. The van der Waals surface area contributed by atoms with Gasteiger partial charge in [-0.05, 0) is 39.7 Å². The summed E-state index contributed by atoms with van der Waals surface area (Å²) < 4.78 is 23.5. The maximum Gasteiger partial charge on any atom is 0.233 e. The van der Waals surface area contributed by atoms with E-state index in [1.54, 1.807) is 16.2 Å². The Bertz CT molecular complexity index is 953. The van der Waals surface area contributed by atoms with E-state index in [1.807, 2.05) is 13.8 Å². The summed E-state index contributed by atoms with van der Waals surface area (Å²) in [6, 6.07) is -0.199. The molecule has 9 heteroatoms. The largest absolute Gasteiger partial charge is 0.338 e. The summed E-state index contributed by atoms with van der Waals surface area (Å²) >= 11 is 3.06. The zero-order valence-electron chi connectivity index (χ0n) is 15.4. The van der Waals surface area contributed by atoms with E-state index >= 15 is 0 Å². The third-order valence-corrected chi connectivity index (χ3v) is 8.56. The van der Waals surface area contributed by atoms with Crippen LogP contribution < -0.4 is 0 Å². The lowest BCUT2D eigenvalue weighted by molar-refractivity contribution is -0.129. The third kappa shape index (κ3) is 3.89. The molecule has 1 aliphatic rings. The first-order valence-electron chi connectivity index (χ1n) is 8.59. The summed E-state index contributed by atoms with van der Waals surface area (Å²) in [6.45, 7) is 8.40. The molecule has 26 heavy (non-hydrogen) atoms. The van der Waals surface area contributed by atoms with Crippen molar-refractivity contribution in [1.82, 2.24) is 14.9 Å². The molecule has 3 rings (SSSR count). The van der Waals surface area contributed by atoms with Gasteiger partial charge in [0.1, 0.15) is 15.7 Å². The van der Waals surface area contributed by atoms with Gasteiger partial charge in [0.15, 0.2) is 9.84 Å². The molecule has 0 aliphatic carbocycles. The zero-order valence-corrected chi connectivity index (χ0v) is 17.9. The summed E-state index contributed by atoms with van der Waals surface area (Å²) in [7, 11) is -3.01. The lowest BCUT2D eigenvalue weighted by Crippen LogP contribution is -2.41. The van der Waals surface area contributed by atoms with Gasteiger partial charge in [-0.3, -0.25) is 4.79 Å². The van der Waals surface area contributed by atoms with Crippen LogP contribution in [0.25, 0.3) is 10.2 Å². The molecule has 2 aromatic rings. The Morgan fingerprint density at radius 3 is 2.65 bits per heavy atom. The van der Waals surface area contributed by atoms with Crippen LogP contribution in [0.2, 0.25) is 0 Å². The van der Waals surface area contributed by atoms with Gasteiger partial charge in [-0.2, -0.15) is 0 Å². The van der Waals surface area contributed by atoms with Gasteiger partial charge >= 0.3 is 0 Å². The van der Waals surface area contributed by atoms with Crippen LogP contribution in [-0.2, 0) is 14.6 Å². The van der Waals surface area contributed by atoms with Crippen molar-refractivity contribution >= 4 is 49.1 Å². The van der Waals surface area contributed by atoms with Gasteiger partial charge in [0.2, 0.25) is 5.91 Å². The third-order valence-electron chi connectivity index (χ3n) is 4.75. The number of thiophene rings is 1. The van der Waals surface area contributed by atoms with Crippen LogP contribution >= 0.6 is 23.1 Å². The average molecular weight is 414 g/mol. The molecule has 0 unspecified atom stereocenters. The van der Waals surface area contributed by atoms with Crippen molar-refractivity contribution < 1.29 is 13.2 Å². The normalized spacial score (nSPS) is 19.2. The van der Waals surface area contributed by atoms with Gasteiger partial charge in [0.05, 0.1) is 17.3 Å². The van der Waals surface area contributed by atoms with Crippen LogP contribution in [0.1, 0.15) is 29.6 Å². The van der Waals surface area contributed by atoms with E-state index in [0.29, 0.717) is 18.8 Å². The fraction of sp³-hybridized carbons (Fsp3) is 0.588. The van der Waals surface area contributed by atoms with Crippen LogP contribution in [-0.4, -0.2) is 59.0 Å². The number of hydrogen-bond donors (Lipinski definition) is 0. The van der Waals surface area contributed by atoms with Crippen LogP contribution in [0.4, 0.5) is 0 Å². The summed E-state index contributed by atoms with van der Waals surface area (Å²) in [5.74, 6) is 1.17. The number of aryl methyl sites for hydroxylation is 3. The molecule has 0 aromatic carbocycles. The Labute approximate surface area is 162 Å². The molecule has 1 fully saturated rings. The number of amides is 1. The van der Waals surface area contributed by atoms with E-state index in [4.69, 9.17) is 0 Å². The van der Waals surface area contributed by atoms with E-state index in [0.717, 1.165) is 20.8 Å². The minimum atomic E-state index is -3.01. The molecule has 0 spiro atoms. The van der Waals surface area contributed by atoms with Crippen LogP contribution in [0.15, 0.2) is 5.03 Å². The van der Waals surface area contributed by atoms with Crippen LogP contribution in [0.3, 0.4) is 0 Å². The highest BCUT2D eigenvalue weighted by Crippen LogP contribution is 2.35. The number of carbonyl (C=O) groups excluding carboxylic acids is 1. The first kappa shape index (κ1) is 19.6. The predicted octanol–water partition coefficient (Wildman–Crippen LogP) is 2.74. The second kappa shape index (κ2) is 7.44. The number of rotatable bonds is 5. The first-order valence-corrected chi connectivity index (χ1v) is 12.2. The van der Waals surface area contributed by atoms with E-state index in [-0.39, 0.29) is 29.2 Å². The molecule has 0 bridgehead atoms. The highest BCUT2D eigenvalue weighted by atomic mass is 32.2. The first-order chi connectivity index (χ1) is 12.2. The Balaban J connectivity index is 1.78. The number of carbonyl (C=O) groups is 1. The summed E-state index contributed by atoms with van der Waals surface area (Å²) in [5.41, 5.74) is 1.16. The summed E-state index contributed by atoms with van der Waals surface area (Å²) in [6.07, 6.45) is 0.534. The number of hydrogen-bond acceptors (Lipinski definition) is 7. The van der Waals surface area contributed by atoms with Crippen molar-refractivity contribution in [3.8, 4) is 0 Å². The van der Waals surface area contributed by atoms with Crippen molar-refractivity contribution in [2.24, 2.45) is 0 Å². The van der Waals surface area contributed by atoms with Crippen molar-refractivity contribution in [2.45, 2.75) is 45.2 Å². The SMILES string of the molecule is CCN(C(=O)CSc1nc(C)nc2sc(C)c(C)c12)[C@@H]1CCS(=O)(=O)C1. The lowest BCUT2D eigenvalue weighted by atomic mass is 10.2. The van der Waals surface area contributed by atoms with Crippen molar-refractivity contribution in [1.29, 1.82) is 0 Å². The van der Waals surface area contributed by atoms with Gasteiger partial charge in [-0.25, -0.2) is 18.4 Å². The minimum Gasteiger partial charge on any atom is -0.338 e. The van der Waals surface area contributed by atoms with Crippen LogP contribution in [0.5, 0.6) is 0 Å². The van der Waals surface area contributed by atoms with Crippen molar-refractivity contribution in [3.63, 3.8) is 0 Å². The Kier molecular flexibility index (Phi) is 5.60. The highest BCUT2D eigenvalue weighted by Gasteiger charge is 2.33. The molecular weight excluding hydrogens is 390 g/mol. The smallest absolute Gasteiger partial charge is 0.233 e. The highest BCUT2D eigenvalue weighted by molar-refractivity contribution is 8.00.